The monoisotopic (exact) mass is 345 g/mol. The van der Waals surface area contributed by atoms with Crippen LogP contribution in [0.4, 0.5) is 0 Å². The zero-order valence-electron chi connectivity index (χ0n) is 15.1. The second-order valence-electron chi connectivity index (χ2n) is 6.42. The molecule has 1 amide bonds. The molecule has 0 aromatic heterocycles. The zero-order valence-corrected chi connectivity index (χ0v) is 15.1. The summed E-state index contributed by atoms with van der Waals surface area (Å²) in [7, 11) is 0. The maximum atomic E-state index is 12.8. The van der Waals surface area contributed by atoms with Crippen molar-refractivity contribution in [3.05, 3.63) is 102 Å². The summed E-state index contributed by atoms with van der Waals surface area (Å²) in [5.74, 6) is 0.651. The van der Waals surface area contributed by atoms with E-state index in [9.17, 15) is 4.79 Å². The number of rotatable bonds is 6. The van der Waals surface area contributed by atoms with Crippen LogP contribution in [0.3, 0.4) is 0 Å². The summed E-state index contributed by atoms with van der Waals surface area (Å²) >= 11 is 0. The van der Waals surface area contributed by atoms with Crippen molar-refractivity contribution in [2.45, 2.75) is 26.0 Å². The molecule has 0 bridgehead atoms. The van der Waals surface area contributed by atoms with Crippen molar-refractivity contribution in [2.75, 3.05) is 0 Å². The van der Waals surface area contributed by atoms with E-state index in [1.807, 2.05) is 86.6 Å². The quantitative estimate of drug-likeness (QED) is 0.683. The van der Waals surface area contributed by atoms with E-state index in [0.717, 1.165) is 16.9 Å². The van der Waals surface area contributed by atoms with Gasteiger partial charge in [-0.25, -0.2) is 0 Å². The van der Waals surface area contributed by atoms with Crippen LogP contribution in [-0.2, 0) is 0 Å². The van der Waals surface area contributed by atoms with Gasteiger partial charge in [-0.15, -0.1) is 0 Å². The molecule has 0 aliphatic rings. The number of hydrogen-bond donors (Lipinski definition) is 1. The van der Waals surface area contributed by atoms with Gasteiger partial charge in [-0.05, 0) is 49.2 Å². The Morgan fingerprint density at radius 1 is 0.769 bits per heavy atom. The molecule has 0 fully saturated rings. The fourth-order valence-electron chi connectivity index (χ4n) is 2.82. The summed E-state index contributed by atoms with van der Waals surface area (Å²) in [6.07, 6.45) is 0.107. The molecular weight excluding hydrogens is 322 g/mol. The standard InChI is InChI=1S/C23H23NO2/c1-17(2)26-21-15-13-20(14-16-21)23(25)24-22(18-9-5-3-6-10-18)19-11-7-4-8-12-19/h3-17,22H,1-2H3,(H,24,25). The van der Waals surface area contributed by atoms with Crippen LogP contribution < -0.4 is 10.1 Å². The molecule has 0 saturated carbocycles. The molecule has 0 unspecified atom stereocenters. The topological polar surface area (TPSA) is 38.3 Å². The average Bonchev–Trinajstić information content (AvgIpc) is 2.67. The lowest BCUT2D eigenvalue weighted by Gasteiger charge is -2.20. The van der Waals surface area contributed by atoms with Crippen molar-refractivity contribution in [2.24, 2.45) is 0 Å². The molecule has 1 N–H and O–H groups in total. The predicted octanol–water partition coefficient (Wildman–Crippen LogP) is 4.99. The fourth-order valence-corrected chi connectivity index (χ4v) is 2.82. The highest BCUT2D eigenvalue weighted by atomic mass is 16.5. The Morgan fingerprint density at radius 3 is 1.73 bits per heavy atom. The largest absolute Gasteiger partial charge is 0.491 e. The van der Waals surface area contributed by atoms with Gasteiger partial charge in [0, 0.05) is 5.56 Å². The maximum absolute atomic E-state index is 12.8. The third-order valence-electron chi connectivity index (χ3n) is 4.03. The Labute approximate surface area is 154 Å². The Kier molecular flexibility index (Phi) is 5.69. The molecule has 0 atom stereocenters. The second kappa shape index (κ2) is 8.34. The first-order valence-electron chi connectivity index (χ1n) is 8.81. The lowest BCUT2D eigenvalue weighted by Crippen LogP contribution is -2.29. The van der Waals surface area contributed by atoms with Crippen LogP contribution in [0.1, 0.15) is 41.4 Å². The molecule has 132 valence electrons. The summed E-state index contributed by atoms with van der Waals surface area (Å²) in [5.41, 5.74) is 2.71. The van der Waals surface area contributed by atoms with Crippen LogP contribution in [0.2, 0.25) is 0 Å². The zero-order chi connectivity index (χ0) is 18.4. The van der Waals surface area contributed by atoms with E-state index in [4.69, 9.17) is 4.74 Å². The predicted molar refractivity (Wildman–Crippen MR) is 104 cm³/mol. The first kappa shape index (κ1) is 17.7. The Hall–Kier alpha value is -3.07. The smallest absolute Gasteiger partial charge is 0.252 e. The molecule has 0 radical (unpaired) electrons. The van der Waals surface area contributed by atoms with E-state index >= 15 is 0 Å². The van der Waals surface area contributed by atoms with Crippen molar-refractivity contribution < 1.29 is 9.53 Å². The molecular formula is C23H23NO2. The summed E-state index contributed by atoms with van der Waals surface area (Å²) in [6.45, 7) is 3.95. The normalized spacial score (nSPS) is 10.8. The van der Waals surface area contributed by atoms with Crippen molar-refractivity contribution in [1.82, 2.24) is 5.32 Å². The summed E-state index contributed by atoms with van der Waals surface area (Å²) in [6, 6.07) is 27.0. The lowest BCUT2D eigenvalue weighted by molar-refractivity contribution is 0.0943. The minimum atomic E-state index is -0.198. The van der Waals surface area contributed by atoms with Gasteiger partial charge in [0.2, 0.25) is 0 Å². The maximum Gasteiger partial charge on any atom is 0.252 e. The summed E-state index contributed by atoms with van der Waals surface area (Å²) in [5, 5.41) is 3.15. The van der Waals surface area contributed by atoms with Gasteiger partial charge in [0.05, 0.1) is 12.1 Å². The number of carbonyl (C=O) groups excluding carboxylic acids is 1. The summed E-state index contributed by atoms with van der Waals surface area (Å²) < 4.78 is 5.64. The number of carbonyl (C=O) groups is 1. The van der Waals surface area contributed by atoms with Crippen molar-refractivity contribution in [3.8, 4) is 5.75 Å². The Bertz CT molecular complexity index is 788. The first-order chi connectivity index (χ1) is 12.6. The van der Waals surface area contributed by atoms with Crippen molar-refractivity contribution in [3.63, 3.8) is 0 Å². The van der Waals surface area contributed by atoms with E-state index in [1.165, 1.54) is 0 Å². The minimum Gasteiger partial charge on any atom is -0.491 e. The molecule has 0 spiro atoms. The van der Waals surface area contributed by atoms with Gasteiger partial charge in [0.25, 0.3) is 5.91 Å². The number of nitrogens with one attached hydrogen (secondary N) is 1. The molecule has 3 heteroatoms. The second-order valence-corrected chi connectivity index (χ2v) is 6.42. The number of ether oxygens (including phenoxy) is 1. The molecule has 3 aromatic rings. The SMILES string of the molecule is CC(C)Oc1ccc(C(=O)NC(c2ccccc2)c2ccccc2)cc1. The van der Waals surface area contributed by atoms with Gasteiger partial charge < -0.3 is 10.1 Å². The summed E-state index contributed by atoms with van der Waals surface area (Å²) in [4.78, 5) is 12.8. The van der Waals surface area contributed by atoms with Crippen LogP contribution in [0.15, 0.2) is 84.9 Å². The average molecular weight is 345 g/mol. The van der Waals surface area contributed by atoms with E-state index < -0.39 is 0 Å². The number of amides is 1. The number of benzene rings is 3. The van der Waals surface area contributed by atoms with Crippen molar-refractivity contribution in [1.29, 1.82) is 0 Å². The fraction of sp³-hybridized carbons (Fsp3) is 0.174. The Balaban J connectivity index is 1.81. The third kappa shape index (κ3) is 4.51. The first-order valence-corrected chi connectivity index (χ1v) is 8.81. The Morgan fingerprint density at radius 2 is 1.27 bits per heavy atom. The molecule has 0 aliphatic heterocycles. The van der Waals surface area contributed by atoms with E-state index in [1.54, 1.807) is 12.1 Å². The van der Waals surface area contributed by atoms with E-state index in [0.29, 0.717) is 5.56 Å². The highest BCUT2D eigenvalue weighted by Gasteiger charge is 2.17. The van der Waals surface area contributed by atoms with Gasteiger partial charge in [0.1, 0.15) is 5.75 Å². The highest BCUT2D eigenvalue weighted by Crippen LogP contribution is 2.23. The van der Waals surface area contributed by atoms with Crippen LogP contribution in [0, 0.1) is 0 Å². The molecule has 0 heterocycles. The third-order valence-corrected chi connectivity index (χ3v) is 4.03. The van der Waals surface area contributed by atoms with E-state index in [2.05, 4.69) is 5.32 Å². The molecule has 0 saturated heterocycles. The van der Waals surface area contributed by atoms with Gasteiger partial charge in [-0.1, -0.05) is 60.7 Å². The van der Waals surface area contributed by atoms with Crippen LogP contribution in [0.25, 0.3) is 0 Å². The molecule has 3 rings (SSSR count). The van der Waals surface area contributed by atoms with Crippen molar-refractivity contribution >= 4 is 5.91 Å². The molecule has 0 aliphatic carbocycles. The lowest BCUT2D eigenvalue weighted by atomic mass is 9.98. The van der Waals surface area contributed by atoms with E-state index in [-0.39, 0.29) is 18.1 Å². The minimum absolute atomic E-state index is 0.107. The molecule has 3 aromatic carbocycles. The number of hydrogen-bond acceptors (Lipinski definition) is 2. The van der Waals surface area contributed by atoms with Crippen LogP contribution >= 0.6 is 0 Å². The molecule has 26 heavy (non-hydrogen) atoms. The van der Waals surface area contributed by atoms with Gasteiger partial charge in [-0.2, -0.15) is 0 Å². The van der Waals surface area contributed by atoms with Crippen LogP contribution in [-0.4, -0.2) is 12.0 Å². The van der Waals surface area contributed by atoms with Gasteiger partial charge in [0.15, 0.2) is 0 Å². The van der Waals surface area contributed by atoms with Crippen LogP contribution in [0.5, 0.6) is 5.75 Å². The van der Waals surface area contributed by atoms with Gasteiger partial charge >= 0.3 is 0 Å². The molecule has 3 nitrogen and oxygen atoms in total. The highest BCUT2D eigenvalue weighted by molar-refractivity contribution is 5.94. The van der Waals surface area contributed by atoms with Gasteiger partial charge in [-0.3, -0.25) is 4.79 Å².